The number of hydrogen-bond donors (Lipinski definition) is 2. The fourth-order valence-corrected chi connectivity index (χ4v) is 1.58. The van der Waals surface area contributed by atoms with Crippen molar-refractivity contribution in [1.29, 1.82) is 0 Å². The Morgan fingerprint density at radius 3 is 3.00 bits per heavy atom. The van der Waals surface area contributed by atoms with Crippen molar-refractivity contribution in [2.75, 3.05) is 11.9 Å². The molecule has 0 amide bonds. The molecule has 0 aliphatic carbocycles. The molecule has 0 fully saturated rings. The summed E-state index contributed by atoms with van der Waals surface area (Å²) in [6, 6.07) is 5.40. The van der Waals surface area contributed by atoms with Gasteiger partial charge in [-0.3, -0.25) is 0 Å². The molecule has 0 aliphatic rings. The zero-order valence-electron chi connectivity index (χ0n) is 9.63. The SMILES string of the molecule is Cc1ccnc(NC(CCO)c2ccco2)n1. The minimum absolute atomic E-state index is 0.0736. The lowest BCUT2D eigenvalue weighted by atomic mass is 10.1. The number of nitrogens with one attached hydrogen (secondary N) is 1. The van der Waals surface area contributed by atoms with Crippen LogP contribution in [-0.2, 0) is 0 Å². The van der Waals surface area contributed by atoms with Crippen molar-refractivity contribution in [3.63, 3.8) is 0 Å². The third-order valence-electron chi connectivity index (χ3n) is 2.40. The van der Waals surface area contributed by atoms with Crippen LogP contribution in [0.5, 0.6) is 0 Å². The van der Waals surface area contributed by atoms with Gasteiger partial charge in [0.1, 0.15) is 5.76 Å². The smallest absolute Gasteiger partial charge is 0.223 e. The summed E-state index contributed by atoms with van der Waals surface area (Å²) >= 11 is 0. The van der Waals surface area contributed by atoms with Crippen molar-refractivity contribution in [3.05, 3.63) is 42.1 Å². The second-order valence-electron chi connectivity index (χ2n) is 3.75. The van der Waals surface area contributed by atoms with Gasteiger partial charge in [-0.25, -0.2) is 9.97 Å². The van der Waals surface area contributed by atoms with E-state index in [1.807, 2.05) is 25.1 Å². The molecular weight excluding hydrogens is 218 g/mol. The highest BCUT2D eigenvalue weighted by molar-refractivity contribution is 5.29. The first-order chi connectivity index (χ1) is 8.29. The summed E-state index contributed by atoms with van der Waals surface area (Å²) in [4.78, 5) is 8.39. The number of furan rings is 1. The highest BCUT2D eigenvalue weighted by Gasteiger charge is 2.14. The van der Waals surface area contributed by atoms with Crippen LogP contribution in [0.1, 0.15) is 23.9 Å². The van der Waals surface area contributed by atoms with Crippen molar-refractivity contribution in [3.8, 4) is 0 Å². The lowest BCUT2D eigenvalue weighted by Crippen LogP contribution is -2.14. The normalized spacial score (nSPS) is 12.4. The van der Waals surface area contributed by atoms with Crippen LogP contribution in [-0.4, -0.2) is 21.7 Å². The Kier molecular flexibility index (Phi) is 3.72. The standard InChI is InChI=1S/C12H15N3O2/c1-9-4-6-13-12(14-9)15-10(5-7-16)11-3-2-8-17-11/h2-4,6,8,10,16H,5,7H2,1H3,(H,13,14,15). The molecule has 2 rings (SSSR count). The van der Waals surface area contributed by atoms with Crippen LogP contribution in [0, 0.1) is 6.92 Å². The van der Waals surface area contributed by atoms with Gasteiger partial charge in [-0.1, -0.05) is 0 Å². The fraction of sp³-hybridized carbons (Fsp3) is 0.333. The molecule has 2 aromatic heterocycles. The van der Waals surface area contributed by atoms with Crippen molar-refractivity contribution in [2.24, 2.45) is 0 Å². The minimum atomic E-state index is -0.114. The average molecular weight is 233 g/mol. The molecule has 2 aromatic rings. The maximum Gasteiger partial charge on any atom is 0.223 e. The highest BCUT2D eigenvalue weighted by atomic mass is 16.3. The highest BCUT2D eigenvalue weighted by Crippen LogP contribution is 2.20. The number of aliphatic hydroxyl groups excluding tert-OH is 1. The van der Waals surface area contributed by atoms with E-state index in [4.69, 9.17) is 9.52 Å². The van der Waals surface area contributed by atoms with Gasteiger partial charge in [-0.2, -0.15) is 0 Å². The molecular formula is C12H15N3O2. The van der Waals surface area contributed by atoms with Gasteiger partial charge in [-0.15, -0.1) is 0 Å². The largest absolute Gasteiger partial charge is 0.467 e. The summed E-state index contributed by atoms with van der Waals surface area (Å²) in [6.07, 6.45) is 3.85. The van der Waals surface area contributed by atoms with Crippen LogP contribution in [0.2, 0.25) is 0 Å². The van der Waals surface area contributed by atoms with E-state index in [1.165, 1.54) is 0 Å². The van der Waals surface area contributed by atoms with Crippen molar-refractivity contribution in [1.82, 2.24) is 9.97 Å². The second kappa shape index (κ2) is 5.45. The number of anilines is 1. The Balaban J connectivity index is 2.13. The number of rotatable bonds is 5. The van der Waals surface area contributed by atoms with Gasteiger partial charge in [0.2, 0.25) is 5.95 Å². The number of nitrogens with zero attached hydrogens (tertiary/aromatic N) is 2. The van der Waals surface area contributed by atoms with Gasteiger partial charge in [0, 0.05) is 18.5 Å². The molecule has 0 aliphatic heterocycles. The van der Waals surface area contributed by atoms with Crippen LogP contribution in [0.25, 0.3) is 0 Å². The summed E-state index contributed by atoms with van der Waals surface area (Å²) in [7, 11) is 0. The molecule has 0 saturated carbocycles. The number of hydrogen-bond acceptors (Lipinski definition) is 5. The summed E-state index contributed by atoms with van der Waals surface area (Å²) in [5, 5.41) is 12.2. The molecule has 1 unspecified atom stereocenters. The Bertz CT molecular complexity index is 457. The number of aliphatic hydroxyl groups is 1. The lowest BCUT2D eigenvalue weighted by molar-refractivity contribution is 0.273. The molecule has 17 heavy (non-hydrogen) atoms. The van der Waals surface area contributed by atoms with Crippen molar-refractivity contribution < 1.29 is 9.52 Å². The number of aromatic nitrogens is 2. The first-order valence-corrected chi connectivity index (χ1v) is 5.50. The van der Waals surface area contributed by atoms with E-state index >= 15 is 0 Å². The van der Waals surface area contributed by atoms with E-state index in [2.05, 4.69) is 15.3 Å². The molecule has 0 spiro atoms. The quantitative estimate of drug-likeness (QED) is 0.825. The monoisotopic (exact) mass is 233 g/mol. The summed E-state index contributed by atoms with van der Waals surface area (Å²) in [6.45, 7) is 1.98. The van der Waals surface area contributed by atoms with E-state index in [9.17, 15) is 0 Å². The summed E-state index contributed by atoms with van der Waals surface area (Å²) in [5.74, 6) is 1.31. The van der Waals surface area contributed by atoms with Gasteiger partial charge >= 0.3 is 0 Å². The molecule has 2 N–H and O–H groups in total. The topological polar surface area (TPSA) is 71.2 Å². The van der Waals surface area contributed by atoms with E-state index in [0.29, 0.717) is 12.4 Å². The lowest BCUT2D eigenvalue weighted by Gasteiger charge is -2.15. The van der Waals surface area contributed by atoms with Crippen LogP contribution in [0.3, 0.4) is 0 Å². The fourth-order valence-electron chi connectivity index (χ4n) is 1.58. The van der Waals surface area contributed by atoms with Gasteiger partial charge in [0.05, 0.1) is 12.3 Å². The van der Waals surface area contributed by atoms with E-state index in [0.717, 1.165) is 11.5 Å². The van der Waals surface area contributed by atoms with Crippen LogP contribution in [0.15, 0.2) is 35.1 Å². The first-order valence-electron chi connectivity index (χ1n) is 5.50. The first kappa shape index (κ1) is 11.6. The Morgan fingerprint density at radius 1 is 1.47 bits per heavy atom. The molecule has 5 heteroatoms. The van der Waals surface area contributed by atoms with Crippen LogP contribution < -0.4 is 5.32 Å². The maximum absolute atomic E-state index is 9.05. The van der Waals surface area contributed by atoms with Gasteiger partial charge in [0.15, 0.2) is 0 Å². The zero-order chi connectivity index (χ0) is 12.1. The Labute approximate surface area is 99.5 Å². The molecule has 0 bridgehead atoms. The Hall–Kier alpha value is -1.88. The molecule has 2 heterocycles. The molecule has 0 aromatic carbocycles. The van der Waals surface area contributed by atoms with Crippen LogP contribution in [0.4, 0.5) is 5.95 Å². The third-order valence-corrected chi connectivity index (χ3v) is 2.40. The predicted octanol–water partition coefficient (Wildman–Crippen LogP) is 1.91. The van der Waals surface area contributed by atoms with E-state index in [1.54, 1.807) is 12.5 Å². The van der Waals surface area contributed by atoms with Gasteiger partial charge < -0.3 is 14.8 Å². The van der Waals surface area contributed by atoms with Crippen molar-refractivity contribution in [2.45, 2.75) is 19.4 Å². The molecule has 90 valence electrons. The summed E-state index contributed by atoms with van der Waals surface area (Å²) < 4.78 is 5.32. The summed E-state index contributed by atoms with van der Waals surface area (Å²) in [5.41, 5.74) is 0.893. The Morgan fingerprint density at radius 2 is 2.35 bits per heavy atom. The molecule has 1 atom stereocenters. The maximum atomic E-state index is 9.05. The average Bonchev–Trinajstić information content (AvgIpc) is 2.82. The van der Waals surface area contributed by atoms with E-state index in [-0.39, 0.29) is 12.6 Å². The second-order valence-corrected chi connectivity index (χ2v) is 3.75. The van der Waals surface area contributed by atoms with E-state index < -0.39 is 0 Å². The van der Waals surface area contributed by atoms with Crippen molar-refractivity contribution >= 4 is 5.95 Å². The zero-order valence-corrected chi connectivity index (χ0v) is 9.63. The number of aryl methyl sites for hydroxylation is 1. The van der Waals surface area contributed by atoms with Gasteiger partial charge in [-0.05, 0) is 31.5 Å². The molecule has 5 nitrogen and oxygen atoms in total. The van der Waals surface area contributed by atoms with Crippen LogP contribution >= 0.6 is 0 Å². The van der Waals surface area contributed by atoms with Gasteiger partial charge in [0.25, 0.3) is 0 Å². The third kappa shape index (κ3) is 3.04. The molecule has 0 saturated heterocycles. The predicted molar refractivity (Wildman–Crippen MR) is 63.5 cm³/mol. The molecule has 0 radical (unpaired) electrons. The minimum Gasteiger partial charge on any atom is -0.467 e.